The Kier molecular flexibility index (Phi) is 6.92. The van der Waals surface area contributed by atoms with Gasteiger partial charge in [0.2, 0.25) is 0 Å². The molecule has 0 saturated carbocycles. The lowest BCUT2D eigenvalue weighted by Gasteiger charge is -2.33. The van der Waals surface area contributed by atoms with Gasteiger partial charge in [-0.2, -0.15) is 0 Å². The fourth-order valence-electron chi connectivity index (χ4n) is 5.01. The summed E-state index contributed by atoms with van der Waals surface area (Å²) in [5, 5.41) is 15.3. The van der Waals surface area contributed by atoms with Crippen LogP contribution in [0.2, 0.25) is 0 Å². The Balaban J connectivity index is 1.32. The number of rotatable bonds is 8. The lowest BCUT2D eigenvalue weighted by atomic mass is 9.84. The van der Waals surface area contributed by atoms with Crippen molar-refractivity contribution in [1.82, 2.24) is 5.32 Å². The first-order valence-electron chi connectivity index (χ1n) is 12.5. The van der Waals surface area contributed by atoms with Crippen molar-refractivity contribution in [2.24, 2.45) is 0 Å². The Bertz CT molecular complexity index is 1350. The molecule has 4 aromatic rings. The highest BCUT2D eigenvalue weighted by molar-refractivity contribution is 5.86. The van der Waals surface area contributed by atoms with Crippen molar-refractivity contribution in [2.45, 2.75) is 44.4 Å². The van der Waals surface area contributed by atoms with Crippen LogP contribution in [-0.2, 0) is 4.79 Å². The van der Waals surface area contributed by atoms with Crippen molar-refractivity contribution in [1.29, 1.82) is 0 Å². The summed E-state index contributed by atoms with van der Waals surface area (Å²) in [6.45, 7) is 4.46. The Morgan fingerprint density at radius 1 is 0.972 bits per heavy atom. The van der Waals surface area contributed by atoms with Crippen LogP contribution in [0.25, 0.3) is 10.8 Å². The van der Waals surface area contributed by atoms with Crippen molar-refractivity contribution in [3.63, 3.8) is 0 Å². The number of hydrogen-bond acceptors (Lipinski definition) is 4. The lowest BCUT2D eigenvalue weighted by Crippen LogP contribution is -2.37. The summed E-state index contributed by atoms with van der Waals surface area (Å²) in [7, 11) is 0. The molecule has 2 N–H and O–H groups in total. The minimum Gasteiger partial charge on any atom is -0.489 e. The van der Waals surface area contributed by atoms with Crippen LogP contribution in [0, 0.1) is 0 Å². The van der Waals surface area contributed by atoms with Crippen molar-refractivity contribution in [3.05, 3.63) is 108 Å². The molecule has 0 radical (unpaired) electrons. The summed E-state index contributed by atoms with van der Waals surface area (Å²) in [5.41, 5.74) is 3.61. The first-order chi connectivity index (χ1) is 17.5. The van der Waals surface area contributed by atoms with Gasteiger partial charge in [-0.15, -0.1) is 0 Å². The summed E-state index contributed by atoms with van der Waals surface area (Å²) >= 11 is 0. The summed E-state index contributed by atoms with van der Waals surface area (Å²) < 4.78 is 11.9. The van der Waals surface area contributed by atoms with Gasteiger partial charge >= 0.3 is 5.97 Å². The number of aliphatic carboxylic acids is 1. The maximum Gasteiger partial charge on any atom is 0.344 e. The Hall–Kier alpha value is -3.83. The van der Waals surface area contributed by atoms with Gasteiger partial charge in [-0.1, -0.05) is 72.8 Å². The highest BCUT2D eigenvalue weighted by Gasteiger charge is 2.29. The molecule has 1 aliphatic heterocycles. The largest absolute Gasteiger partial charge is 0.489 e. The molecule has 0 spiro atoms. The fourth-order valence-corrected chi connectivity index (χ4v) is 5.01. The van der Waals surface area contributed by atoms with E-state index in [-0.39, 0.29) is 18.1 Å². The average Bonchev–Trinajstić information content (AvgIpc) is 2.91. The summed E-state index contributed by atoms with van der Waals surface area (Å²) in [6, 6.07) is 31.1. The van der Waals surface area contributed by atoms with Crippen LogP contribution in [0.3, 0.4) is 0 Å². The molecule has 0 aromatic heterocycles. The number of hydrogen-bond donors (Lipinski definition) is 2. The van der Waals surface area contributed by atoms with Crippen molar-refractivity contribution < 1.29 is 19.4 Å². The number of carbonyl (C=O) groups is 1. The van der Waals surface area contributed by atoms with E-state index in [0.29, 0.717) is 5.75 Å². The third-order valence-electron chi connectivity index (χ3n) is 6.97. The molecule has 1 heterocycles. The highest BCUT2D eigenvalue weighted by Crippen LogP contribution is 2.40. The topological polar surface area (TPSA) is 67.8 Å². The molecule has 4 aromatic carbocycles. The molecule has 1 aliphatic rings. The van der Waals surface area contributed by atoms with E-state index in [4.69, 9.17) is 14.6 Å². The molecule has 0 bridgehead atoms. The smallest absolute Gasteiger partial charge is 0.344 e. The Labute approximate surface area is 211 Å². The lowest BCUT2D eigenvalue weighted by molar-refractivity contribution is -0.144. The van der Waals surface area contributed by atoms with Gasteiger partial charge in [0.05, 0.1) is 0 Å². The van der Waals surface area contributed by atoms with Crippen LogP contribution in [0.15, 0.2) is 91.0 Å². The average molecular weight is 482 g/mol. The standard InChI is InChI=1S/C31H31NO4/c1-20(26-12-7-9-22-8-3-4-10-27(22)26)32-19-25-18-29(28-11-5-6-13-30(28)36-25)23-14-16-24(17-15-23)35-21(2)31(33)34/h3-17,20-21,25,29,32H,18-19H2,1-2H3,(H,33,34)/t20-,21?,25+,29-/m1/s1. The van der Waals surface area contributed by atoms with Gasteiger partial charge in [-0.05, 0) is 60.4 Å². The first-order valence-corrected chi connectivity index (χ1v) is 12.5. The Morgan fingerprint density at radius 2 is 1.69 bits per heavy atom. The monoisotopic (exact) mass is 481 g/mol. The second kappa shape index (κ2) is 10.4. The van der Waals surface area contributed by atoms with Gasteiger partial charge < -0.3 is 19.9 Å². The number of carboxylic acid groups (broad SMARTS) is 1. The molecule has 5 heteroatoms. The number of benzene rings is 4. The van der Waals surface area contributed by atoms with Crippen molar-refractivity contribution in [3.8, 4) is 11.5 Å². The number of para-hydroxylation sites is 1. The fraction of sp³-hybridized carbons (Fsp3) is 0.258. The molecule has 184 valence electrons. The Morgan fingerprint density at radius 3 is 2.50 bits per heavy atom. The number of carboxylic acids is 1. The SMILES string of the molecule is CC(Oc1ccc([C@H]2C[C@@H](CN[C@H](C)c3cccc4ccccc34)Oc3ccccc32)cc1)C(=O)O. The summed E-state index contributed by atoms with van der Waals surface area (Å²) in [5.74, 6) is 0.667. The number of ether oxygens (including phenoxy) is 2. The second-order valence-corrected chi connectivity index (χ2v) is 9.43. The second-order valence-electron chi connectivity index (χ2n) is 9.43. The molecule has 1 unspecified atom stereocenters. The van der Waals surface area contributed by atoms with E-state index in [0.717, 1.165) is 24.3 Å². The molecule has 5 rings (SSSR count). The van der Waals surface area contributed by atoms with Gasteiger partial charge in [0.15, 0.2) is 6.10 Å². The van der Waals surface area contributed by atoms with E-state index in [2.05, 4.69) is 60.8 Å². The predicted octanol–water partition coefficient (Wildman–Crippen LogP) is 6.33. The van der Waals surface area contributed by atoms with E-state index in [1.165, 1.54) is 28.8 Å². The third-order valence-corrected chi connectivity index (χ3v) is 6.97. The molecule has 36 heavy (non-hydrogen) atoms. The third kappa shape index (κ3) is 5.07. The van der Waals surface area contributed by atoms with E-state index in [1.807, 2.05) is 42.5 Å². The van der Waals surface area contributed by atoms with E-state index in [1.54, 1.807) is 0 Å². The van der Waals surface area contributed by atoms with Crippen LogP contribution < -0.4 is 14.8 Å². The van der Waals surface area contributed by atoms with E-state index < -0.39 is 12.1 Å². The minimum atomic E-state index is -0.981. The van der Waals surface area contributed by atoms with Crippen molar-refractivity contribution >= 4 is 16.7 Å². The molecule has 0 amide bonds. The number of fused-ring (bicyclic) bond motifs is 2. The molecular weight excluding hydrogens is 450 g/mol. The maximum atomic E-state index is 11.1. The molecule has 0 fully saturated rings. The quantitative estimate of drug-likeness (QED) is 0.308. The zero-order valence-electron chi connectivity index (χ0n) is 20.6. The van der Waals surface area contributed by atoms with Crippen LogP contribution in [-0.4, -0.2) is 29.8 Å². The molecular formula is C31H31NO4. The van der Waals surface area contributed by atoms with Crippen LogP contribution in [0.5, 0.6) is 11.5 Å². The molecule has 5 nitrogen and oxygen atoms in total. The van der Waals surface area contributed by atoms with Gasteiger partial charge in [0, 0.05) is 24.1 Å². The van der Waals surface area contributed by atoms with Gasteiger partial charge in [-0.25, -0.2) is 4.79 Å². The first kappa shape index (κ1) is 23.9. The zero-order valence-corrected chi connectivity index (χ0v) is 20.6. The van der Waals surface area contributed by atoms with Crippen LogP contribution >= 0.6 is 0 Å². The van der Waals surface area contributed by atoms with Gasteiger partial charge in [0.1, 0.15) is 17.6 Å². The molecule has 0 aliphatic carbocycles. The number of nitrogens with one attached hydrogen (secondary N) is 1. The summed E-state index contributed by atoms with van der Waals surface area (Å²) in [6.07, 6.45) is -0.0259. The minimum absolute atomic E-state index is 0.0188. The predicted molar refractivity (Wildman–Crippen MR) is 142 cm³/mol. The molecule has 0 saturated heterocycles. The van der Waals surface area contributed by atoms with Crippen LogP contribution in [0.4, 0.5) is 0 Å². The highest BCUT2D eigenvalue weighted by atomic mass is 16.5. The normalized spacial score (nSPS) is 18.6. The van der Waals surface area contributed by atoms with E-state index >= 15 is 0 Å². The molecule has 4 atom stereocenters. The van der Waals surface area contributed by atoms with E-state index in [9.17, 15) is 4.79 Å². The van der Waals surface area contributed by atoms with Crippen molar-refractivity contribution in [2.75, 3.05) is 6.54 Å². The zero-order chi connectivity index (χ0) is 25.1. The maximum absolute atomic E-state index is 11.1. The van der Waals surface area contributed by atoms with Gasteiger partial charge in [-0.3, -0.25) is 0 Å². The van der Waals surface area contributed by atoms with Crippen LogP contribution in [0.1, 0.15) is 48.9 Å². The van der Waals surface area contributed by atoms with Gasteiger partial charge in [0.25, 0.3) is 0 Å². The summed E-state index contributed by atoms with van der Waals surface area (Å²) in [4.78, 5) is 11.1.